The summed E-state index contributed by atoms with van der Waals surface area (Å²) in [5.74, 6) is -0.544. The highest BCUT2D eigenvalue weighted by Gasteiger charge is 2.31. The second-order valence-electron chi connectivity index (χ2n) is 8.85. The lowest BCUT2D eigenvalue weighted by Crippen LogP contribution is -2.38. The van der Waals surface area contributed by atoms with Gasteiger partial charge >= 0.3 is 6.18 Å². The average Bonchev–Trinajstić information content (AvgIpc) is 2.83. The first-order valence-corrected chi connectivity index (χ1v) is 11.4. The average molecular weight is 482 g/mol. The Hall–Kier alpha value is -3.68. The molecule has 8 heteroatoms. The van der Waals surface area contributed by atoms with Crippen LogP contribution in [0.3, 0.4) is 0 Å². The SMILES string of the molecule is Cc1cccc(NC(=O)c2ccc(C)nc2C2CCN(C(=O)c3ccc(C(F)(F)F)cc3)CC2)c1. The molecule has 0 unspecified atom stereocenters. The molecule has 0 radical (unpaired) electrons. The third-order valence-corrected chi connectivity index (χ3v) is 6.21. The van der Waals surface area contributed by atoms with Crippen LogP contribution in [0.25, 0.3) is 0 Å². The Kier molecular flexibility index (Phi) is 6.91. The normalized spacial score (nSPS) is 14.6. The summed E-state index contributed by atoms with van der Waals surface area (Å²) < 4.78 is 38.4. The van der Waals surface area contributed by atoms with Gasteiger partial charge in [-0.15, -0.1) is 0 Å². The summed E-state index contributed by atoms with van der Waals surface area (Å²) in [4.78, 5) is 32.2. The van der Waals surface area contributed by atoms with Gasteiger partial charge in [0, 0.05) is 36.0 Å². The van der Waals surface area contributed by atoms with Crippen molar-refractivity contribution in [3.8, 4) is 0 Å². The minimum Gasteiger partial charge on any atom is -0.339 e. The lowest BCUT2D eigenvalue weighted by Gasteiger charge is -2.32. The molecule has 1 N–H and O–H groups in total. The predicted octanol–water partition coefficient (Wildman–Crippen LogP) is 5.99. The van der Waals surface area contributed by atoms with E-state index in [-0.39, 0.29) is 23.3 Å². The summed E-state index contributed by atoms with van der Waals surface area (Å²) in [5.41, 5.74) is 3.20. The van der Waals surface area contributed by atoms with Crippen molar-refractivity contribution in [2.75, 3.05) is 18.4 Å². The molecule has 4 rings (SSSR count). The number of nitrogens with zero attached hydrogens (tertiary/aromatic N) is 2. The van der Waals surface area contributed by atoms with E-state index in [0.717, 1.165) is 23.4 Å². The number of halogens is 3. The Bertz CT molecular complexity index is 1230. The number of piperidine rings is 1. The summed E-state index contributed by atoms with van der Waals surface area (Å²) in [6.07, 6.45) is -3.23. The largest absolute Gasteiger partial charge is 0.416 e. The highest BCUT2D eigenvalue weighted by molar-refractivity contribution is 6.05. The molecule has 0 saturated carbocycles. The summed E-state index contributed by atoms with van der Waals surface area (Å²) >= 11 is 0. The van der Waals surface area contributed by atoms with E-state index in [4.69, 9.17) is 0 Å². The van der Waals surface area contributed by atoms with Gasteiger partial charge in [-0.3, -0.25) is 14.6 Å². The molecule has 3 aromatic rings. The first-order chi connectivity index (χ1) is 16.6. The Balaban J connectivity index is 1.46. The molecule has 35 heavy (non-hydrogen) atoms. The van der Waals surface area contributed by atoms with Crippen molar-refractivity contribution >= 4 is 17.5 Å². The number of hydrogen-bond acceptors (Lipinski definition) is 3. The van der Waals surface area contributed by atoms with Gasteiger partial charge in [-0.05, 0) is 80.8 Å². The Morgan fingerprint density at radius 1 is 0.971 bits per heavy atom. The zero-order valence-electron chi connectivity index (χ0n) is 19.5. The van der Waals surface area contributed by atoms with Gasteiger partial charge in [0.2, 0.25) is 0 Å². The smallest absolute Gasteiger partial charge is 0.339 e. The van der Waals surface area contributed by atoms with E-state index in [1.165, 1.54) is 12.1 Å². The van der Waals surface area contributed by atoms with Gasteiger partial charge < -0.3 is 10.2 Å². The fourth-order valence-corrected chi connectivity index (χ4v) is 4.34. The van der Waals surface area contributed by atoms with Crippen LogP contribution < -0.4 is 5.32 Å². The number of likely N-dealkylation sites (tertiary alicyclic amines) is 1. The lowest BCUT2D eigenvalue weighted by molar-refractivity contribution is -0.137. The topological polar surface area (TPSA) is 62.3 Å². The first kappa shape index (κ1) is 24.4. The number of alkyl halides is 3. The van der Waals surface area contributed by atoms with Crippen LogP contribution in [0.15, 0.2) is 60.7 Å². The molecular formula is C27H26F3N3O2. The molecule has 1 fully saturated rings. The molecule has 1 saturated heterocycles. The van der Waals surface area contributed by atoms with Crippen LogP contribution in [0.4, 0.5) is 18.9 Å². The van der Waals surface area contributed by atoms with Gasteiger partial charge in [0.05, 0.1) is 16.8 Å². The summed E-state index contributed by atoms with van der Waals surface area (Å²) in [5, 5.41) is 2.94. The van der Waals surface area contributed by atoms with Crippen LogP contribution in [-0.2, 0) is 6.18 Å². The number of aryl methyl sites for hydroxylation is 2. The number of benzene rings is 2. The molecule has 0 bridgehead atoms. The number of rotatable bonds is 4. The van der Waals surface area contributed by atoms with Crippen molar-refractivity contribution in [2.45, 2.75) is 38.8 Å². The van der Waals surface area contributed by atoms with Crippen molar-refractivity contribution in [1.29, 1.82) is 0 Å². The number of anilines is 1. The van der Waals surface area contributed by atoms with Gasteiger partial charge in [0.15, 0.2) is 0 Å². The molecule has 0 aliphatic carbocycles. The molecule has 182 valence electrons. The molecule has 1 aliphatic rings. The zero-order chi connectivity index (χ0) is 25.2. The van der Waals surface area contributed by atoms with E-state index in [0.29, 0.717) is 42.9 Å². The van der Waals surface area contributed by atoms with Crippen LogP contribution in [0.5, 0.6) is 0 Å². The molecule has 2 amide bonds. The van der Waals surface area contributed by atoms with E-state index in [2.05, 4.69) is 10.3 Å². The second kappa shape index (κ2) is 9.90. The molecule has 2 aromatic carbocycles. The van der Waals surface area contributed by atoms with Crippen LogP contribution in [-0.4, -0.2) is 34.8 Å². The van der Waals surface area contributed by atoms with Crippen LogP contribution in [0, 0.1) is 13.8 Å². The highest BCUT2D eigenvalue weighted by Crippen LogP contribution is 2.32. The van der Waals surface area contributed by atoms with Crippen LogP contribution in [0.2, 0.25) is 0 Å². The first-order valence-electron chi connectivity index (χ1n) is 11.4. The van der Waals surface area contributed by atoms with Crippen LogP contribution >= 0.6 is 0 Å². The van der Waals surface area contributed by atoms with Crippen LogP contribution in [0.1, 0.15) is 62.0 Å². The zero-order valence-corrected chi connectivity index (χ0v) is 19.5. The number of carbonyl (C=O) groups excluding carboxylic acids is 2. The number of nitrogens with one attached hydrogen (secondary N) is 1. The Morgan fingerprint density at radius 2 is 1.66 bits per heavy atom. The third-order valence-electron chi connectivity index (χ3n) is 6.21. The van der Waals surface area contributed by atoms with E-state index in [1.807, 2.05) is 38.1 Å². The van der Waals surface area contributed by atoms with E-state index in [1.54, 1.807) is 17.0 Å². The number of aromatic nitrogens is 1. The standard InChI is InChI=1S/C27H26F3N3O2/c1-17-4-3-5-22(16-17)32-25(34)23-11-6-18(2)31-24(23)19-12-14-33(15-13-19)26(35)20-7-9-21(10-8-20)27(28,29)30/h3-11,16,19H,12-15H2,1-2H3,(H,32,34). The minimum absolute atomic E-state index is 0.00943. The molecule has 0 spiro atoms. The number of amides is 2. The van der Waals surface area contributed by atoms with E-state index < -0.39 is 11.7 Å². The maximum Gasteiger partial charge on any atom is 0.416 e. The van der Waals surface area contributed by atoms with Gasteiger partial charge in [-0.1, -0.05) is 12.1 Å². The minimum atomic E-state index is -4.44. The predicted molar refractivity (Wildman–Crippen MR) is 127 cm³/mol. The number of hydrogen-bond donors (Lipinski definition) is 1. The molecule has 1 aromatic heterocycles. The van der Waals surface area contributed by atoms with Crippen molar-refractivity contribution in [1.82, 2.24) is 9.88 Å². The van der Waals surface area contributed by atoms with Crippen molar-refractivity contribution < 1.29 is 22.8 Å². The van der Waals surface area contributed by atoms with Gasteiger partial charge in [-0.2, -0.15) is 13.2 Å². The van der Waals surface area contributed by atoms with Crippen molar-refractivity contribution in [2.24, 2.45) is 0 Å². The molecule has 5 nitrogen and oxygen atoms in total. The quantitative estimate of drug-likeness (QED) is 0.498. The van der Waals surface area contributed by atoms with Crippen molar-refractivity contribution in [3.63, 3.8) is 0 Å². The maximum atomic E-state index is 13.1. The highest BCUT2D eigenvalue weighted by atomic mass is 19.4. The molecule has 2 heterocycles. The number of pyridine rings is 1. The fraction of sp³-hybridized carbons (Fsp3) is 0.296. The van der Waals surface area contributed by atoms with Crippen molar-refractivity contribution in [3.05, 3.63) is 94.3 Å². The Labute approximate surface area is 202 Å². The van der Waals surface area contributed by atoms with E-state index >= 15 is 0 Å². The summed E-state index contributed by atoms with van der Waals surface area (Å²) in [6, 6.07) is 15.4. The molecular weight excluding hydrogens is 455 g/mol. The monoisotopic (exact) mass is 481 g/mol. The molecule has 0 atom stereocenters. The van der Waals surface area contributed by atoms with Gasteiger partial charge in [0.1, 0.15) is 0 Å². The third kappa shape index (κ3) is 5.70. The summed E-state index contributed by atoms with van der Waals surface area (Å²) in [7, 11) is 0. The maximum absolute atomic E-state index is 13.1. The second-order valence-corrected chi connectivity index (χ2v) is 8.85. The van der Waals surface area contributed by atoms with E-state index in [9.17, 15) is 22.8 Å². The summed E-state index contributed by atoms with van der Waals surface area (Å²) in [6.45, 7) is 4.68. The fourth-order valence-electron chi connectivity index (χ4n) is 4.34. The lowest BCUT2D eigenvalue weighted by atomic mass is 9.89. The van der Waals surface area contributed by atoms with Gasteiger partial charge in [0.25, 0.3) is 11.8 Å². The van der Waals surface area contributed by atoms with Gasteiger partial charge in [-0.25, -0.2) is 0 Å². The number of carbonyl (C=O) groups is 2. The Morgan fingerprint density at radius 3 is 2.29 bits per heavy atom. The molecule has 1 aliphatic heterocycles.